The fraction of sp³-hybridized carbons (Fsp3) is 0.727. The molecule has 0 aliphatic carbocycles. The molecule has 0 aromatic rings. The lowest BCUT2D eigenvalue weighted by Gasteiger charge is -2.23. The number of rotatable bonds is 10. The van der Waals surface area contributed by atoms with Crippen molar-refractivity contribution >= 4 is 17.9 Å². The first-order valence-corrected chi connectivity index (χ1v) is 5.71. The average Bonchev–Trinajstić information content (AvgIpc) is 2.24. The molecule has 0 aliphatic rings. The molecule has 1 unspecified atom stereocenters. The van der Waals surface area contributed by atoms with Crippen LogP contribution in [0.2, 0.25) is 0 Å². The first kappa shape index (κ1) is 16.4. The third kappa shape index (κ3) is 8.51. The van der Waals surface area contributed by atoms with Crippen LogP contribution < -0.4 is 0 Å². The zero-order chi connectivity index (χ0) is 14.1. The molecule has 0 rings (SSSR count). The molecule has 7 heteroatoms. The number of aliphatic carboxylic acids is 3. The van der Waals surface area contributed by atoms with Crippen molar-refractivity contribution in [1.82, 2.24) is 4.90 Å². The van der Waals surface area contributed by atoms with Gasteiger partial charge in [-0.05, 0) is 13.0 Å². The van der Waals surface area contributed by atoms with Crippen molar-refractivity contribution in [3.63, 3.8) is 0 Å². The van der Waals surface area contributed by atoms with Gasteiger partial charge in [-0.1, -0.05) is 6.92 Å². The minimum absolute atomic E-state index is 0.00890. The van der Waals surface area contributed by atoms with E-state index in [-0.39, 0.29) is 25.9 Å². The Morgan fingerprint density at radius 1 is 1.00 bits per heavy atom. The van der Waals surface area contributed by atoms with Gasteiger partial charge in [0.2, 0.25) is 0 Å². The van der Waals surface area contributed by atoms with E-state index in [1.54, 1.807) is 4.90 Å². The van der Waals surface area contributed by atoms with E-state index in [1.807, 2.05) is 0 Å². The van der Waals surface area contributed by atoms with Gasteiger partial charge >= 0.3 is 17.9 Å². The second kappa shape index (κ2) is 8.46. The largest absolute Gasteiger partial charge is 0.481 e. The van der Waals surface area contributed by atoms with Gasteiger partial charge < -0.3 is 20.2 Å². The van der Waals surface area contributed by atoms with E-state index in [0.29, 0.717) is 13.0 Å². The summed E-state index contributed by atoms with van der Waals surface area (Å²) in [5.74, 6) is -3.43. The maximum Gasteiger partial charge on any atom is 0.307 e. The molecule has 0 aliphatic heterocycles. The third-order valence-electron chi connectivity index (χ3n) is 2.46. The molecular weight excluding hydrogens is 242 g/mol. The van der Waals surface area contributed by atoms with Crippen LogP contribution >= 0.6 is 0 Å². The molecule has 7 nitrogen and oxygen atoms in total. The maximum atomic E-state index is 10.7. The topological polar surface area (TPSA) is 115 Å². The van der Waals surface area contributed by atoms with E-state index in [0.717, 1.165) is 0 Å². The standard InChI is InChI=1S/C11H19NO6/c1-8(11(17)18)7-12(6-4-10(15)16)5-2-3-9(13)14/h8H,2-7H2,1H3,(H,13,14)(H,15,16)(H,17,18). The maximum absolute atomic E-state index is 10.7. The fourth-order valence-corrected chi connectivity index (χ4v) is 1.47. The van der Waals surface area contributed by atoms with Crippen molar-refractivity contribution in [1.29, 1.82) is 0 Å². The van der Waals surface area contributed by atoms with Gasteiger partial charge in [0, 0.05) is 19.5 Å². The molecule has 0 spiro atoms. The van der Waals surface area contributed by atoms with Gasteiger partial charge in [-0.3, -0.25) is 14.4 Å². The molecule has 0 saturated carbocycles. The summed E-state index contributed by atoms with van der Waals surface area (Å²) in [4.78, 5) is 33.2. The highest BCUT2D eigenvalue weighted by Gasteiger charge is 2.16. The molecule has 18 heavy (non-hydrogen) atoms. The van der Waals surface area contributed by atoms with Gasteiger partial charge in [0.05, 0.1) is 12.3 Å². The van der Waals surface area contributed by atoms with Crippen molar-refractivity contribution in [2.45, 2.75) is 26.2 Å². The number of carboxylic acids is 3. The Morgan fingerprint density at radius 2 is 1.56 bits per heavy atom. The second-order valence-electron chi connectivity index (χ2n) is 4.18. The van der Waals surface area contributed by atoms with Crippen LogP contribution in [0.25, 0.3) is 0 Å². The second-order valence-corrected chi connectivity index (χ2v) is 4.18. The minimum Gasteiger partial charge on any atom is -0.481 e. The summed E-state index contributed by atoms with van der Waals surface area (Å²) in [6.45, 7) is 2.37. The zero-order valence-corrected chi connectivity index (χ0v) is 10.3. The van der Waals surface area contributed by atoms with Crippen LogP contribution in [0.1, 0.15) is 26.2 Å². The number of carbonyl (C=O) groups is 3. The Kier molecular flexibility index (Phi) is 7.69. The molecule has 0 heterocycles. The molecule has 1 atom stereocenters. The normalized spacial score (nSPS) is 12.3. The van der Waals surface area contributed by atoms with Crippen LogP contribution in [-0.4, -0.2) is 57.8 Å². The van der Waals surface area contributed by atoms with E-state index in [1.165, 1.54) is 6.92 Å². The van der Waals surface area contributed by atoms with Crippen LogP contribution in [0.5, 0.6) is 0 Å². The van der Waals surface area contributed by atoms with Gasteiger partial charge in [0.15, 0.2) is 0 Å². The van der Waals surface area contributed by atoms with Crippen LogP contribution in [0, 0.1) is 5.92 Å². The molecule has 0 bridgehead atoms. The van der Waals surface area contributed by atoms with Crippen LogP contribution in [0.3, 0.4) is 0 Å². The summed E-state index contributed by atoms with van der Waals surface area (Å²) in [6.07, 6.45) is 0.283. The van der Waals surface area contributed by atoms with Crippen molar-refractivity contribution < 1.29 is 29.7 Å². The van der Waals surface area contributed by atoms with Gasteiger partial charge in [-0.15, -0.1) is 0 Å². The summed E-state index contributed by atoms with van der Waals surface area (Å²) in [6, 6.07) is 0. The van der Waals surface area contributed by atoms with E-state index in [9.17, 15) is 14.4 Å². The monoisotopic (exact) mass is 261 g/mol. The highest BCUT2D eigenvalue weighted by Crippen LogP contribution is 2.04. The Morgan fingerprint density at radius 3 is 2.00 bits per heavy atom. The number of hydrogen-bond donors (Lipinski definition) is 3. The van der Waals surface area contributed by atoms with Gasteiger partial charge in [0.25, 0.3) is 0 Å². The first-order chi connectivity index (χ1) is 8.32. The first-order valence-electron chi connectivity index (χ1n) is 5.71. The van der Waals surface area contributed by atoms with Gasteiger partial charge in [0.1, 0.15) is 0 Å². The van der Waals surface area contributed by atoms with Crippen molar-refractivity contribution in [2.24, 2.45) is 5.92 Å². The molecule has 104 valence electrons. The summed E-state index contributed by atoms with van der Waals surface area (Å²) >= 11 is 0. The molecule has 0 saturated heterocycles. The van der Waals surface area contributed by atoms with Crippen LogP contribution in [0.4, 0.5) is 0 Å². The highest BCUT2D eigenvalue weighted by molar-refractivity contribution is 5.69. The SMILES string of the molecule is CC(CN(CCCC(=O)O)CCC(=O)O)C(=O)O. The summed E-state index contributed by atoms with van der Waals surface area (Å²) in [5, 5.41) is 25.9. The predicted octanol–water partition coefficient (Wildman–Crippen LogP) is 0.349. The lowest BCUT2D eigenvalue weighted by Crippen LogP contribution is -2.34. The molecule has 0 fully saturated rings. The zero-order valence-electron chi connectivity index (χ0n) is 10.3. The molecule has 0 amide bonds. The summed E-state index contributed by atoms with van der Waals surface area (Å²) in [5.41, 5.74) is 0. The Bertz CT molecular complexity index is 304. The molecule has 0 aromatic heterocycles. The number of carboxylic acid groups (broad SMARTS) is 3. The Hall–Kier alpha value is -1.63. The lowest BCUT2D eigenvalue weighted by atomic mass is 10.1. The van der Waals surface area contributed by atoms with E-state index < -0.39 is 23.8 Å². The van der Waals surface area contributed by atoms with Crippen molar-refractivity contribution in [3.8, 4) is 0 Å². The van der Waals surface area contributed by atoms with Gasteiger partial charge in [-0.2, -0.15) is 0 Å². The molecule has 0 radical (unpaired) electrons. The van der Waals surface area contributed by atoms with E-state index >= 15 is 0 Å². The fourth-order valence-electron chi connectivity index (χ4n) is 1.47. The number of nitrogens with zero attached hydrogens (tertiary/aromatic N) is 1. The summed E-state index contributed by atoms with van der Waals surface area (Å²) < 4.78 is 0. The third-order valence-corrected chi connectivity index (χ3v) is 2.46. The van der Waals surface area contributed by atoms with Gasteiger partial charge in [-0.25, -0.2) is 0 Å². The minimum atomic E-state index is -0.957. The van der Waals surface area contributed by atoms with Crippen LogP contribution in [0.15, 0.2) is 0 Å². The Balaban J connectivity index is 4.18. The number of hydrogen-bond acceptors (Lipinski definition) is 4. The predicted molar refractivity (Wildman–Crippen MR) is 62.4 cm³/mol. The van der Waals surface area contributed by atoms with E-state index in [4.69, 9.17) is 15.3 Å². The lowest BCUT2D eigenvalue weighted by molar-refractivity contribution is -0.142. The van der Waals surface area contributed by atoms with Crippen molar-refractivity contribution in [2.75, 3.05) is 19.6 Å². The molecular formula is C11H19NO6. The Labute approximate surface area is 105 Å². The quantitative estimate of drug-likeness (QED) is 0.519. The average molecular weight is 261 g/mol. The smallest absolute Gasteiger partial charge is 0.307 e. The molecule has 0 aromatic carbocycles. The summed E-state index contributed by atoms with van der Waals surface area (Å²) in [7, 11) is 0. The van der Waals surface area contributed by atoms with Crippen molar-refractivity contribution in [3.05, 3.63) is 0 Å². The van der Waals surface area contributed by atoms with E-state index in [2.05, 4.69) is 0 Å². The molecule has 3 N–H and O–H groups in total. The highest BCUT2D eigenvalue weighted by atomic mass is 16.4. The van der Waals surface area contributed by atoms with Crippen LogP contribution in [-0.2, 0) is 14.4 Å².